The molecule has 20 heavy (non-hydrogen) atoms. The number of nitrogens with one attached hydrogen (secondary N) is 1. The second kappa shape index (κ2) is 7.40. The number of methoxy groups -OCH3 is 1. The van der Waals surface area contributed by atoms with E-state index in [0.717, 1.165) is 32.2 Å². The first-order chi connectivity index (χ1) is 9.70. The first-order valence-corrected chi connectivity index (χ1v) is 7.18. The number of carbonyl (C=O) groups excluding carboxylic acids is 1. The van der Waals surface area contributed by atoms with E-state index in [1.165, 1.54) is 0 Å². The van der Waals surface area contributed by atoms with Gasteiger partial charge in [-0.1, -0.05) is 0 Å². The average molecular weight is 281 g/mol. The zero-order chi connectivity index (χ0) is 14.4. The fourth-order valence-corrected chi connectivity index (χ4v) is 2.67. The fraction of sp³-hybridized carbons (Fsp3) is 0.714. The van der Waals surface area contributed by atoms with Crippen LogP contribution < -0.4 is 5.32 Å². The minimum absolute atomic E-state index is 0.0158. The topological polar surface area (TPSA) is 76.4 Å². The van der Waals surface area contributed by atoms with Crippen LogP contribution in [0.2, 0.25) is 0 Å². The van der Waals surface area contributed by atoms with Gasteiger partial charge in [-0.15, -0.1) is 0 Å². The number of aryl methyl sites for hydroxylation is 1. The number of ether oxygens (including phenoxy) is 1. The second-order valence-electron chi connectivity index (χ2n) is 5.24. The maximum Gasteiger partial charge on any atom is 0.220 e. The van der Waals surface area contributed by atoms with Crippen LogP contribution >= 0.6 is 0 Å². The predicted molar refractivity (Wildman–Crippen MR) is 74.0 cm³/mol. The van der Waals surface area contributed by atoms with Crippen molar-refractivity contribution in [2.24, 2.45) is 0 Å². The van der Waals surface area contributed by atoms with Crippen LogP contribution in [0.3, 0.4) is 0 Å². The molecule has 2 rings (SSSR count). The van der Waals surface area contributed by atoms with Gasteiger partial charge in [-0.3, -0.25) is 9.48 Å². The molecule has 0 radical (unpaired) electrons. The molecule has 0 aromatic carbocycles. The summed E-state index contributed by atoms with van der Waals surface area (Å²) in [5.74, 6) is -0.0158. The third-order valence-corrected chi connectivity index (χ3v) is 3.80. The van der Waals surface area contributed by atoms with Crippen molar-refractivity contribution in [3.05, 3.63) is 18.5 Å². The van der Waals surface area contributed by atoms with Crippen LogP contribution in [0.5, 0.6) is 0 Å². The summed E-state index contributed by atoms with van der Waals surface area (Å²) in [7, 11) is 1.60. The summed E-state index contributed by atoms with van der Waals surface area (Å²) < 4.78 is 7.04. The number of rotatable bonds is 6. The SMILES string of the molecule is CO[C@@H]1CCC[C@@H](NC(=O)CCCn2cccn2)[C@H]1O. The van der Waals surface area contributed by atoms with E-state index in [1.54, 1.807) is 13.3 Å². The smallest absolute Gasteiger partial charge is 0.220 e. The number of carbonyl (C=O) groups is 1. The summed E-state index contributed by atoms with van der Waals surface area (Å²) in [5, 5.41) is 17.1. The zero-order valence-electron chi connectivity index (χ0n) is 11.9. The van der Waals surface area contributed by atoms with Gasteiger partial charge in [0.1, 0.15) is 6.10 Å². The standard InChI is InChI=1S/C14H23N3O3/c1-20-12-6-2-5-11(14(12)19)16-13(18)7-3-9-17-10-4-8-15-17/h4,8,10-12,14,19H,2-3,5-7,9H2,1H3,(H,16,18)/t11-,12-,14-/m1/s1. The highest BCUT2D eigenvalue weighted by molar-refractivity contribution is 5.76. The highest BCUT2D eigenvalue weighted by Crippen LogP contribution is 2.21. The van der Waals surface area contributed by atoms with E-state index in [-0.39, 0.29) is 18.1 Å². The van der Waals surface area contributed by atoms with Crippen molar-refractivity contribution < 1.29 is 14.6 Å². The summed E-state index contributed by atoms with van der Waals surface area (Å²) in [6, 6.07) is 1.68. The van der Waals surface area contributed by atoms with Gasteiger partial charge in [0.05, 0.1) is 12.1 Å². The van der Waals surface area contributed by atoms with Gasteiger partial charge in [0, 0.05) is 32.5 Å². The molecule has 1 aliphatic carbocycles. The summed E-state index contributed by atoms with van der Waals surface area (Å²) >= 11 is 0. The van der Waals surface area contributed by atoms with Gasteiger partial charge >= 0.3 is 0 Å². The van der Waals surface area contributed by atoms with Gasteiger partial charge in [0.15, 0.2) is 0 Å². The number of hydrogen-bond donors (Lipinski definition) is 2. The van der Waals surface area contributed by atoms with Crippen LogP contribution in [0, 0.1) is 0 Å². The molecule has 0 saturated heterocycles. The minimum atomic E-state index is -0.608. The van der Waals surface area contributed by atoms with E-state index < -0.39 is 6.10 Å². The Hall–Kier alpha value is -1.40. The molecular formula is C14H23N3O3. The molecule has 1 aromatic rings. The Labute approximate surface area is 119 Å². The van der Waals surface area contributed by atoms with Crippen LogP contribution in [0.25, 0.3) is 0 Å². The quantitative estimate of drug-likeness (QED) is 0.805. The molecular weight excluding hydrogens is 258 g/mol. The van der Waals surface area contributed by atoms with Crippen LogP contribution in [0.1, 0.15) is 32.1 Å². The molecule has 1 fully saturated rings. The molecule has 1 aliphatic rings. The highest BCUT2D eigenvalue weighted by Gasteiger charge is 2.32. The molecule has 6 heteroatoms. The maximum absolute atomic E-state index is 11.9. The van der Waals surface area contributed by atoms with E-state index >= 15 is 0 Å². The molecule has 0 aliphatic heterocycles. The molecule has 3 atom stereocenters. The van der Waals surface area contributed by atoms with Gasteiger partial charge in [0.25, 0.3) is 0 Å². The van der Waals surface area contributed by atoms with Gasteiger partial charge in [-0.2, -0.15) is 5.10 Å². The Bertz CT molecular complexity index is 408. The largest absolute Gasteiger partial charge is 0.388 e. The minimum Gasteiger partial charge on any atom is -0.388 e. The Kier molecular flexibility index (Phi) is 5.55. The summed E-state index contributed by atoms with van der Waals surface area (Å²) in [6.07, 6.45) is 6.64. The molecule has 1 aromatic heterocycles. The third kappa shape index (κ3) is 4.05. The first-order valence-electron chi connectivity index (χ1n) is 7.18. The van der Waals surface area contributed by atoms with Gasteiger partial charge in [-0.05, 0) is 31.7 Å². The highest BCUT2D eigenvalue weighted by atomic mass is 16.5. The number of aliphatic hydroxyl groups excluding tert-OH is 1. The van der Waals surface area contributed by atoms with Crippen molar-refractivity contribution in [1.82, 2.24) is 15.1 Å². The molecule has 2 N–H and O–H groups in total. The summed E-state index contributed by atoms with van der Waals surface area (Å²) in [5.41, 5.74) is 0. The third-order valence-electron chi connectivity index (χ3n) is 3.80. The average Bonchev–Trinajstić information content (AvgIpc) is 2.94. The van der Waals surface area contributed by atoms with Crippen LogP contribution in [0.4, 0.5) is 0 Å². The van der Waals surface area contributed by atoms with E-state index in [2.05, 4.69) is 10.4 Å². The molecule has 0 unspecified atom stereocenters. The van der Waals surface area contributed by atoms with Crippen molar-refractivity contribution in [2.45, 2.75) is 56.9 Å². The molecule has 112 valence electrons. The lowest BCUT2D eigenvalue weighted by Crippen LogP contribution is -2.51. The van der Waals surface area contributed by atoms with Crippen molar-refractivity contribution in [2.75, 3.05) is 7.11 Å². The van der Waals surface area contributed by atoms with Gasteiger partial charge < -0.3 is 15.2 Å². The van der Waals surface area contributed by atoms with Crippen molar-refractivity contribution in [3.63, 3.8) is 0 Å². The van der Waals surface area contributed by atoms with Crippen molar-refractivity contribution >= 4 is 5.91 Å². The van der Waals surface area contributed by atoms with Crippen molar-refractivity contribution in [3.8, 4) is 0 Å². The summed E-state index contributed by atoms with van der Waals surface area (Å²) in [4.78, 5) is 11.9. The molecule has 1 heterocycles. The molecule has 1 saturated carbocycles. The molecule has 1 amide bonds. The number of nitrogens with zero attached hydrogens (tertiary/aromatic N) is 2. The van der Waals surface area contributed by atoms with Crippen LogP contribution in [0.15, 0.2) is 18.5 Å². The Morgan fingerprint density at radius 2 is 2.40 bits per heavy atom. The van der Waals surface area contributed by atoms with Gasteiger partial charge in [-0.25, -0.2) is 0 Å². The Morgan fingerprint density at radius 1 is 1.55 bits per heavy atom. The van der Waals surface area contributed by atoms with Crippen LogP contribution in [-0.4, -0.2) is 46.2 Å². The number of aliphatic hydroxyl groups is 1. The fourth-order valence-electron chi connectivity index (χ4n) is 2.67. The number of aromatic nitrogens is 2. The number of amides is 1. The van der Waals surface area contributed by atoms with E-state index in [9.17, 15) is 9.90 Å². The lowest BCUT2D eigenvalue weighted by molar-refractivity contribution is -0.125. The maximum atomic E-state index is 11.9. The van der Waals surface area contributed by atoms with E-state index in [4.69, 9.17) is 4.74 Å². The summed E-state index contributed by atoms with van der Waals surface area (Å²) in [6.45, 7) is 0.730. The Balaban J connectivity index is 1.70. The molecule has 0 bridgehead atoms. The number of hydrogen-bond acceptors (Lipinski definition) is 4. The monoisotopic (exact) mass is 281 g/mol. The second-order valence-corrected chi connectivity index (χ2v) is 5.24. The van der Waals surface area contributed by atoms with Gasteiger partial charge in [0.2, 0.25) is 5.91 Å². The Morgan fingerprint density at radius 3 is 3.10 bits per heavy atom. The predicted octanol–water partition coefficient (Wildman–Crippen LogP) is 0.708. The molecule has 0 spiro atoms. The van der Waals surface area contributed by atoms with Crippen molar-refractivity contribution in [1.29, 1.82) is 0 Å². The first kappa shape index (κ1) is 15.0. The van der Waals surface area contributed by atoms with E-state index in [0.29, 0.717) is 6.42 Å². The zero-order valence-corrected chi connectivity index (χ0v) is 11.9. The van der Waals surface area contributed by atoms with Crippen LogP contribution in [-0.2, 0) is 16.1 Å². The lowest BCUT2D eigenvalue weighted by Gasteiger charge is -2.34. The molecule has 6 nitrogen and oxygen atoms in total. The van der Waals surface area contributed by atoms with E-state index in [1.807, 2.05) is 16.9 Å². The normalized spacial score (nSPS) is 26.4. The lowest BCUT2D eigenvalue weighted by atomic mass is 9.90.